The molecule has 9 nitrogen and oxygen atoms in total. The number of carbonyl (C=O) groups is 3. The van der Waals surface area contributed by atoms with Crippen LogP contribution >= 0.6 is 0 Å². The molecule has 0 saturated carbocycles. The molecule has 41 heavy (non-hydrogen) atoms. The fourth-order valence-corrected chi connectivity index (χ4v) is 5.88. The standard InChI is InChI=1S/C32H34N4O5/c37-29-7-2-13-35(29)14-3-8-30(38)36-15-11-22-17-26-9-10-28(22)31(36)23-5-1-6-25(18-23)40-16-4-12-34-32(39)24-19-27(41-26)21-33-20-24/h1,5-6,9-10,17-21,31H,2-4,7-8,11-16H2,(H,34,39). The second-order valence-electron chi connectivity index (χ2n) is 10.7. The Morgan fingerprint density at radius 2 is 1.90 bits per heavy atom. The number of nitrogens with one attached hydrogen (secondary N) is 1. The summed E-state index contributed by atoms with van der Waals surface area (Å²) < 4.78 is 12.2. The largest absolute Gasteiger partial charge is 0.494 e. The normalized spacial score (nSPS) is 18.7. The number of benzene rings is 2. The molecule has 5 heterocycles. The quantitative estimate of drug-likeness (QED) is 0.517. The maximum atomic E-state index is 13.6. The lowest BCUT2D eigenvalue weighted by molar-refractivity contribution is -0.134. The maximum Gasteiger partial charge on any atom is 0.252 e. The Morgan fingerprint density at radius 1 is 0.976 bits per heavy atom. The molecule has 212 valence electrons. The van der Waals surface area contributed by atoms with Crippen molar-refractivity contribution in [1.29, 1.82) is 0 Å². The molecule has 1 atom stereocenters. The predicted octanol–water partition coefficient (Wildman–Crippen LogP) is 4.26. The summed E-state index contributed by atoms with van der Waals surface area (Å²) in [5.41, 5.74) is 3.56. The minimum Gasteiger partial charge on any atom is -0.494 e. The van der Waals surface area contributed by atoms with Gasteiger partial charge in [0.15, 0.2) is 0 Å². The molecule has 0 aliphatic carbocycles. The first-order chi connectivity index (χ1) is 20.0. The van der Waals surface area contributed by atoms with E-state index in [1.165, 1.54) is 6.20 Å². The number of amides is 3. The Balaban J connectivity index is 1.30. The third-order valence-corrected chi connectivity index (χ3v) is 7.91. The minimum atomic E-state index is -0.263. The zero-order chi connectivity index (χ0) is 28.2. The number of carbonyl (C=O) groups excluding carboxylic acids is 3. The number of hydrogen-bond donors (Lipinski definition) is 1. The number of rotatable bonds is 4. The summed E-state index contributed by atoms with van der Waals surface area (Å²) in [4.78, 5) is 46.3. The lowest BCUT2D eigenvalue weighted by Crippen LogP contribution is -2.41. The van der Waals surface area contributed by atoms with Crippen LogP contribution < -0.4 is 14.8 Å². The first-order valence-electron chi connectivity index (χ1n) is 14.4. The molecule has 1 N–H and O–H groups in total. The Morgan fingerprint density at radius 3 is 2.78 bits per heavy atom. The topological polar surface area (TPSA) is 101 Å². The van der Waals surface area contributed by atoms with Gasteiger partial charge in [-0.15, -0.1) is 0 Å². The van der Waals surface area contributed by atoms with Crippen LogP contribution in [-0.4, -0.2) is 65.3 Å². The molecular formula is C32H34N4O5. The summed E-state index contributed by atoms with van der Waals surface area (Å²) in [5, 5.41) is 2.91. The van der Waals surface area contributed by atoms with Crippen molar-refractivity contribution in [2.24, 2.45) is 0 Å². The van der Waals surface area contributed by atoms with E-state index in [0.29, 0.717) is 75.4 Å². The molecule has 7 rings (SSSR count). The van der Waals surface area contributed by atoms with E-state index in [2.05, 4.69) is 10.3 Å². The highest BCUT2D eigenvalue weighted by molar-refractivity contribution is 5.94. The van der Waals surface area contributed by atoms with Crippen LogP contribution in [0.4, 0.5) is 0 Å². The molecule has 3 aromatic rings. The van der Waals surface area contributed by atoms with E-state index >= 15 is 0 Å². The van der Waals surface area contributed by atoms with E-state index < -0.39 is 0 Å². The Hall–Kier alpha value is -4.40. The van der Waals surface area contributed by atoms with E-state index in [0.717, 1.165) is 35.4 Å². The van der Waals surface area contributed by atoms with E-state index in [4.69, 9.17) is 9.47 Å². The van der Waals surface area contributed by atoms with Gasteiger partial charge in [0.05, 0.1) is 24.4 Å². The number of ether oxygens (including phenoxy) is 2. The summed E-state index contributed by atoms with van der Waals surface area (Å²) in [6.45, 7) is 2.89. The average Bonchev–Trinajstić information content (AvgIpc) is 3.40. The highest BCUT2D eigenvalue weighted by atomic mass is 16.5. The van der Waals surface area contributed by atoms with Gasteiger partial charge < -0.3 is 24.6 Å². The fourth-order valence-electron chi connectivity index (χ4n) is 5.88. The third kappa shape index (κ3) is 6.04. The summed E-state index contributed by atoms with van der Waals surface area (Å²) in [5.74, 6) is 1.91. The van der Waals surface area contributed by atoms with Crippen molar-refractivity contribution in [3.8, 4) is 17.2 Å². The Labute approximate surface area is 239 Å². The van der Waals surface area contributed by atoms with E-state index in [1.54, 1.807) is 12.3 Å². The number of likely N-dealkylation sites (tertiary alicyclic amines) is 1. The molecule has 8 bridgehead atoms. The molecule has 0 radical (unpaired) electrons. The second-order valence-corrected chi connectivity index (χ2v) is 10.7. The molecule has 4 aliphatic rings. The van der Waals surface area contributed by atoms with Gasteiger partial charge in [0.1, 0.15) is 17.2 Å². The third-order valence-electron chi connectivity index (χ3n) is 7.91. The van der Waals surface area contributed by atoms with E-state index in [-0.39, 0.29) is 23.8 Å². The summed E-state index contributed by atoms with van der Waals surface area (Å²) in [6, 6.07) is 15.3. The van der Waals surface area contributed by atoms with Crippen LogP contribution in [-0.2, 0) is 16.0 Å². The van der Waals surface area contributed by atoms with Gasteiger partial charge in [-0.1, -0.05) is 18.2 Å². The minimum absolute atomic E-state index is 0.0831. The van der Waals surface area contributed by atoms with Gasteiger partial charge in [0, 0.05) is 45.2 Å². The zero-order valence-electron chi connectivity index (χ0n) is 23.0. The van der Waals surface area contributed by atoms with Crippen molar-refractivity contribution in [3.63, 3.8) is 0 Å². The second kappa shape index (κ2) is 12.0. The number of aromatic nitrogens is 1. The number of pyridine rings is 1. The van der Waals surface area contributed by atoms with Gasteiger partial charge in [-0.05, 0) is 72.7 Å². The highest BCUT2D eigenvalue weighted by Crippen LogP contribution is 2.39. The maximum absolute atomic E-state index is 13.6. The van der Waals surface area contributed by atoms with Gasteiger partial charge in [-0.3, -0.25) is 19.4 Å². The van der Waals surface area contributed by atoms with Crippen molar-refractivity contribution >= 4 is 17.7 Å². The zero-order valence-corrected chi connectivity index (χ0v) is 23.0. The van der Waals surface area contributed by atoms with Crippen LogP contribution in [0.1, 0.15) is 65.2 Å². The van der Waals surface area contributed by atoms with Crippen molar-refractivity contribution in [1.82, 2.24) is 20.1 Å². The molecule has 2 aromatic carbocycles. The summed E-state index contributed by atoms with van der Waals surface area (Å²) in [7, 11) is 0. The van der Waals surface area contributed by atoms with Crippen molar-refractivity contribution in [2.45, 2.75) is 44.6 Å². The van der Waals surface area contributed by atoms with Gasteiger partial charge in [-0.2, -0.15) is 0 Å². The molecule has 1 saturated heterocycles. The van der Waals surface area contributed by atoms with Gasteiger partial charge in [-0.25, -0.2) is 0 Å². The summed E-state index contributed by atoms with van der Waals surface area (Å²) in [6.07, 6.45) is 7.00. The molecule has 0 spiro atoms. The fraction of sp³-hybridized carbons (Fsp3) is 0.375. The van der Waals surface area contributed by atoms with Gasteiger partial charge >= 0.3 is 0 Å². The molecule has 1 fully saturated rings. The van der Waals surface area contributed by atoms with Crippen molar-refractivity contribution < 1.29 is 23.9 Å². The lowest BCUT2D eigenvalue weighted by Gasteiger charge is -2.38. The predicted molar refractivity (Wildman–Crippen MR) is 152 cm³/mol. The molecule has 4 aliphatic heterocycles. The Bertz CT molecular complexity index is 1460. The lowest BCUT2D eigenvalue weighted by atomic mass is 9.87. The number of nitrogens with zero attached hydrogens (tertiary/aromatic N) is 3. The number of fused-ring (bicyclic) bond motifs is 6. The first-order valence-corrected chi connectivity index (χ1v) is 14.4. The molecule has 3 amide bonds. The molecule has 9 heteroatoms. The van der Waals surface area contributed by atoms with Crippen LogP contribution in [0, 0.1) is 0 Å². The number of hydrogen-bond acceptors (Lipinski definition) is 6. The van der Waals surface area contributed by atoms with Crippen LogP contribution in [0.3, 0.4) is 0 Å². The SMILES string of the molecule is O=C1NCCCOc2cccc(c2)C2c3ccc(cc3CCN2C(=O)CCCN2CCCC2=O)Oc2cncc1c2. The van der Waals surface area contributed by atoms with E-state index in [1.807, 2.05) is 52.3 Å². The van der Waals surface area contributed by atoms with Gasteiger partial charge in [0.2, 0.25) is 11.8 Å². The summed E-state index contributed by atoms with van der Waals surface area (Å²) >= 11 is 0. The molecular weight excluding hydrogens is 520 g/mol. The van der Waals surface area contributed by atoms with Crippen LogP contribution in [0.5, 0.6) is 17.2 Å². The van der Waals surface area contributed by atoms with Crippen LogP contribution in [0.25, 0.3) is 0 Å². The smallest absolute Gasteiger partial charge is 0.252 e. The molecule has 1 aromatic heterocycles. The van der Waals surface area contributed by atoms with Crippen LogP contribution in [0.2, 0.25) is 0 Å². The first kappa shape index (κ1) is 26.8. The average molecular weight is 555 g/mol. The molecule has 1 unspecified atom stereocenters. The van der Waals surface area contributed by atoms with Crippen LogP contribution in [0.15, 0.2) is 60.9 Å². The van der Waals surface area contributed by atoms with E-state index in [9.17, 15) is 14.4 Å². The van der Waals surface area contributed by atoms with Crippen molar-refractivity contribution in [2.75, 3.05) is 32.8 Å². The highest BCUT2D eigenvalue weighted by Gasteiger charge is 2.32. The monoisotopic (exact) mass is 554 g/mol. The van der Waals surface area contributed by atoms with Crippen molar-refractivity contribution in [3.05, 3.63) is 83.2 Å². The Kier molecular flexibility index (Phi) is 7.84. The van der Waals surface area contributed by atoms with Gasteiger partial charge in [0.25, 0.3) is 5.91 Å².